The van der Waals surface area contributed by atoms with Crippen LogP contribution in [0.1, 0.15) is 32.1 Å². The van der Waals surface area contributed by atoms with Crippen LogP contribution in [0, 0.1) is 17.8 Å². The first-order valence-electron chi connectivity index (χ1n) is 7.36. The minimum Gasteiger partial charge on any atom is -0.352 e. The second-order valence-electron chi connectivity index (χ2n) is 6.47. The number of hydrogen-bond donors (Lipinski definition) is 2. The number of fused-ring (bicyclic) bond motifs is 2. The van der Waals surface area contributed by atoms with Crippen molar-refractivity contribution >= 4 is 24.2 Å². The monoisotopic (exact) mass is 301 g/mol. The van der Waals surface area contributed by atoms with Gasteiger partial charge in [0.1, 0.15) is 0 Å². The van der Waals surface area contributed by atoms with Crippen molar-refractivity contribution in [3.63, 3.8) is 0 Å². The number of nitrogens with zero attached hydrogens (tertiary/aromatic N) is 1. The SMILES string of the molecule is CN(CC(=O)NC1CC1)C(=O)C1C2CCC(C2)C1N.Cl. The Bertz CT molecular complexity index is 398. The van der Waals surface area contributed by atoms with Crippen molar-refractivity contribution in [2.24, 2.45) is 23.5 Å². The molecule has 0 aromatic carbocycles. The number of amides is 2. The van der Waals surface area contributed by atoms with Crippen LogP contribution in [0.2, 0.25) is 0 Å². The number of nitrogens with one attached hydrogen (secondary N) is 1. The van der Waals surface area contributed by atoms with E-state index in [2.05, 4.69) is 5.32 Å². The van der Waals surface area contributed by atoms with Gasteiger partial charge in [-0.1, -0.05) is 0 Å². The summed E-state index contributed by atoms with van der Waals surface area (Å²) in [5.41, 5.74) is 6.18. The van der Waals surface area contributed by atoms with Crippen LogP contribution < -0.4 is 11.1 Å². The average molecular weight is 302 g/mol. The van der Waals surface area contributed by atoms with E-state index in [4.69, 9.17) is 5.73 Å². The number of nitrogens with two attached hydrogens (primary N) is 1. The fourth-order valence-electron chi connectivity index (χ4n) is 3.75. The molecule has 2 bridgehead atoms. The number of halogens is 1. The van der Waals surface area contributed by atoms with Gasteiger partial charge in [0.15, 0.2) is 0 Å². The predicted molar refractivity (Wildman–Crippen MR) is 78.3 cm³/mol. The van der Waals surface area contributed by atoms with Crippen LogP contribution >= 0.6 is 12.4 Å². The topological polar surface area (TPSA) is 75.4 Å². The van der Waals surface area contributed by atoms with Gasteiger partial charge in [-0.05, 0) is 43.9 Å². The Morgan fingerprint density at radius 2 is 1.85 bits per heavy atom. The van der Waals surface area contributed by atoms with Gasteiger partial charge in [0, 0.05) is 19.1 Å². The number of hydrogen-bond acceptors (Lipinski definition) is 3. The summed E-state index contributed by atoms with van der Waals surface area (Å²) in [7, 11) is 1.72. The smallest absolute Gasteiger partial charge is 0.239 e. The summed E-state index contributed by atoms with van der Waals surface area (Å²) >= 11 is 0. The molecule has 3 aliphatic carbocycles. The maximum absolute atomic E-state index is 12.4. The van der Waals surface area contributed by atoms with Gasteiger partial charge in [0.05, 0.1) is 12.5 Å². The third-order valence-electron chi connectivity index (χ3n) is 4.97. The molecular formula is C14H24ClN3O2. The summed E-state index contributed by atoms with van der Waals surface area (Å²) in [6, 6.07) is 0.348. The summed E-state index contributed by atoms with van der Waals surface area (Å²) in [5.74, 6) is 0.923. The van der Waals surface area contributed by atoms with Crippen LogP contribution in [0.25, 0.3) is 0 Å². The summed E-state index contributed by atoms with van der Waals surface area (Å²) in [5, 5.41) is 2.91. The van der Waals surface area contributed by atoms with E-state index >= 15 is 0 Å². The molecule has 0 aromatic heterocycles. The van der Waals surface area contributed by atoms with E-state index in [1.165, 1.54) is 6.42 Å². The fourth-order valence-corrected chi connectivity index (χ4v) is 3.75. The summed E-state index contributed by atoms with van der Waals surface area (Å²) in [6.45, 7) is 0.163. The lowest BCUT2D eigenvalue weighted by molar-refractivity contribution is -0.139. The molecule has 114 valence electrons. The van der Waals surface area contributed by atoms with Gasteiger partial charge in [-0.15, -0.1) is 12.4 Å². The van der Waals surface area contributed by atoms with Crippen molar-refractivity contribution in [3.05, 3.63) is 0 Å². The van der Waals surface area contributed by atoms with E-state index in [-0.39, 0.29) is 42.7 Å². The molecule has 4 atom stereocenters. The van der Waals surface area contributed by atoms with Gasteiger partial charge in [-0.3, -0.25) is 9.59 Å². The molecule has 20 heavy (non-hydrogen) atoms. The molecule has 0 aliphatic heterocycles. The zero-order valence-electron chi connectivity index (χ0n) is 11.9. The maximum atomic E-state index is 12.4. The molecule has 0 spiro atoms. The third-order valence-corrected chi connectivity index (χ3v) is 4.97. The van der Waals surface area contributed by atoms with Crippen molar-refractivity contribution in [1.29, 1.82) is 0 Å². The third kappa shape index (κ3) is 2.93. The molecule has 6 heteroatoms. The maximum Gasteiger partial charge on any atom is 0.239 e. The van der Waals surface area contributed by atoms with E-state index < -0.39 is 0 Å². The van der Waals surface area contributed by atoms with Crippen molar-refractivity contribution in [2.75, 3.05) is 13.6 Å². The highest BCUT2D eigenvalue weighted by molar-refractivity contribution is 5.86. The molecule has 3 fully saturated rings. The molecule has 0 radical (unpaired) electrons. The van der Waals surface area contributed by atoms with E-state index in [0.717, 1.165) is 25.7 Å². The average Bonchev–Trinajstić information content (AvgIpc) is 2.95. The molecule has 3 saturated carbocycles. The van der Waals surface area contributed by atoms with Gasteiger partial charge < -0.3 is 16.0 Å². The van der Waals surface area contributed by atoms with Gasteiger partial charge in [-0.25, -0.2) is 0 Å². The first-order chi connectivity index (χ1) is 9.06. The molecule has 5 nitrogen and oxygen atoms in total. The zero-order chi connectivity index (χ0) is 13.6. The quantitative estimate of drug-likeness (QED) is 0.795. The van der Waals surface area contributed by atoms with Crippen LogP contribution in [0.5, 0.6) is 0 Å². The number of carbonyl (C=O) groups excluding carboxylic acids is 2. The molecule has 4 unspecified atom stereocenters. The molecule has 3 aliphatic rings. The van der Waals surface area contributed by atoms with Crippen molar-refractivity contribution in [3.8, 4) is 0 Å². The van der Waals surface area contributed by atoms with E-state index in [9.17, 15) is 9.59 Å². The highest BCUT2D eigenvalue weighted by Crippen LogP contribution is 2.48. The van der Waals surface area contributed by atoms with Gasteiger partial charge in [-0.2, -0.15) is 0 Å². The lowest BCUT2D eigenvalue weighted by Gasteiger charge is -2.30. The van der Waals surface area contributed by atoms with Crippen LogP contribution in [0.3, 0.4) is 0 Å². The lowest BCUT2D eigenvalue weighted by atomic mass is 9.84. The number of rotatable bonds is 4. The van der Waals surface area contributed by atoms with Gasteiger partial charge in [0.25, 0.3) is 0 Å². The lowest BCUT2D eigenvalue weighted by Crippen LogP contribution is -2.48. The molecule has 0 heterocycles. The molecule has 2 amide bonds. The molecule has 3 rings (SSSR count). The normalized spacial score (nSPS) is 34.5. The van der Waals surface area contributed by atoms with Crippen LogP contribution in [0.4, 0.5) is 0 Å². The van der Waals surface area contributed by atoms with Gasteiger partial charge in [0.2, 0.25) is 11.8 Å². The standard InChI is InChI=1S/C14H23N3O2.ClH/c1-17(7-11(18)16-10-4-5-10)14(19)12-8-2-3-9(6-8)13(12)15;/h8-10,12-13H,2-7,15H2,1H3,(H,16,18);1H. The summed E-state index contributed by atoms with van der Waals surface area (Å²) < 4.78 is 0. The molecule has 3 N–H and O–H groups in total. The summed E-state index contributed by atoms with van der Waals surface area (Å²) in [4.78, 5) is 25.7. The van der Waals surface area contributed by atoms with Crippen LogP contribution in [-0.2, 0) is 9.59 Å². The predicted octanol–water partition coefficient (Wildman–Crippen LogP) is 0.519. The van der Waals surface area contributed by atoms with Crippen molar-refractivity contribution < 1.29 is 9.59 Å². The largest absolute Gasteiger partial charge is 0.352 e. The van der Waals surface area contributed by atoms with Crippen molar-refractivity contribution in [1.82, 2.24) is 10.2 Å². The first kappa shape index (κ1) is 15.6. The Labute approximate surface area is 126 Å². The van der Waals surface area contributed by atoms with E-state index in [1.54, 1.807) is 11.9 Å². The highest BCUT2D eigenvalue weighted by Gasteiger charge is 2.49. The molecular weight excluding hydrogens is 278 g/mol. The molecule has 0 aromatic rings. The zero-order valence-corrected chi connectivity index (χ0v) is 12.7. The number of likely N-dealkylation sites (N-methyl/N-ethyl adjacent to an activating group) is 1. The number of carbonyl (C=O) groups is 2. The Hall–Kier alpha value is -0.810. The van der Waals surface area contributed by atoms with Crippen molar-refractivity contribution in [2.45, 2.75) is 44.2 Å². The Morgan fingerprint density at radius 1 is 1.20 bits per heavy atom. The van der Waals surface area contributed by atoms with E-state index in [1.807, 2.05) is 0 Å². The first-order valence-corrected chi connectivity index (χ1v) is 7.36. The summed E-state index contributed by atoms with van der Waals surface area (Å²) in [6.07, 6.45) is 5.53. The Morgan fingerprint density at radius 3 is 2.40 bits per heavy atom. The Kier molecular flexibility index (Phi) is 4.59. The fraction of sp³-hybridized carbons (Fsp3) is 0.857. The van der Waals surface area contributed by atoms with Crippen LogP contribution in [-0.4, -0.2) is 42.4 Å². The minimum atomic E-state index is -0.0579. The Balaban J connectivity index is 0.00000147. The second kappa shape index (κ2) is 5.90. The minimum absolute atomic E-state index is 0. The second-order valence-corrected chi connectivity index (χ2v) is 6.47. The van der Waals surface area contributed by atoms with Crippen LogP contribution in [0.15, 0.2) is 0 Å². The molecule has 0 saturated heterocycles. The van der Waals surface area contributed by atoms with E-state index in [0.29, 0.717) is 17.9 Å². The highest BCUT2D eigenvalue weighted by atomic mass is 35.5. The van der Waals surface area contributed by atoms with Gasteiger partial charge >= 0.3 is 0 Å².